The van der Waals surface area contributed by atoms with Gasteiger partial charge in [0, 0.05) is 17.3 Å². The normalized spacial score (nSPS) is 18.3. The predicted octanol–water partition coefficient (Wildman–Crippen LogP) is 2.88. The van der Waals surface area contributed by atoms with Crippen LogP contribution in [0.15, 0.2) is 59.7 Å². The minimum atomic E-state index is -2.61. The zero-order chi connectivity index (χ0) is 22.0. The van der Waals surface area contributed by atoms with Crippen molar-refractivity contribution >= 4 is 5.91 Å². The molecule has 0 radical (unpaired) electrons. The molecular weight excluding hydrogens is 406 g/mol. The summed E-state index contributed by atoms with van der Waals surface area (Å²) < 4.78 is 26.8. The minimum absolute atomic E-state index is 0.141. The summed E-state index contributed by atoms with van der Waals surface area (Å²) in [6.45, 7) is 0. The molecule has 1 saturated carbocycles. The Hall–Kier alpha value is -3.46. The van der Waals surface area contributed by atoms with Crippen LogP contribution in [0.4, 0.5) is 8.78 Å². The Labute approximate surface area is 176 Å². The van der Waals surface area contributed by atoms with E-state index in [2.05, 4.69) is 15.4 Å². The standard InChI is InChI=1S/C22H20F2N4O3/c23-20(24)14-8-6-13(7-9-14)18-11-16(21(30)26-17-4-1-5-19(17)29)22(31)28(27-18)15-3-2-10-25-12-15/h2-3,6-12,17,19-20,29H,1,4-5H2,(H,26,30)/t17-,19-/m1/s1. The summed E-state index contributed by atoms with van der Waals surface area (Å²) in [6, 6.07) is 9.62. The summed E-state index contributed by atoms with van der Waals surface area (Å²) in [6.07, 6.45) is 1.69. The third-order valence-electron chi connectivity index (χ3n) is 5.30. The van der Waals surface area contributed by atoms with Crippen LogP contribution in [0.2, 0.25) is 0 Å². The summed E-state index contributed by atoms with van der Waals surface area (Å²) in [4.78, 5) is 29.9. The molecule has 2 atom stereocenters. The first-order chi connectivity index (χ1) is 14.9. The van der Waals surface area contributed by atoms with Gasteiger partial charge in [0.2, 0.25) is 0 Å². The van der Waals surface area contributed by atoms with Crippen LogP contribution < -0.4 is 10.9 Å². The molecule has 1 amide bonds. The molecule has 4 rings (SSSR count). The Morgan fingerprint density at radius 2 is 1.97 bits per heavy atom. The Bertz CT molecular complexity index is 1130. The highest BCUT2D eigenvalue weighted by molar-refractivity contribution is 5.95. The van der Waals surface area contributed by atoms with E-state index in [1.807, 2.05) is 0 Å². The number of hydrogen-bond acceptors (Lipinski definition) is 5. The van der Waals surface area contributed by atoms with Crippen LogP contribution in [0.25, 0.3) is 16.9 Å². The van der Waals surface area contributed by atoms with Gasteiger partial charge in [0.25, 0.3) is 17.9 Å². The van der Waals surface area contributed by atoms with Crippen molar-refractivity contribution < 1.29 is 18.7 Å². The number of carbonyl (C=O) groups excluding carboxylic acids is 1. The van der Waals surface area contributed by atoms with Crippen LogP contribution in [0.5, 0.6) is 0 Å². The smallest absolute Gasteiger partial charge is 0.284 e. The third-order valence-corrected chi connectivity index (χ3v) is 5.30. The highest BCUT2D eigenvalue weighted by atomic mass is 19.3. The predicted molar refractivity (Wildman–Crippen MR) is 109 cm³/mol. The highest BCUT2D eigenvalue weighted by Gasteiger charge is 2.28. The topological polar surface area (TPSA) is 97.1 Å². The molecule has 2 heterocycles. The molecule has 2 aromatic heterocycles. The lowest BCUT2D eigenvalue weighted by Gasteiger charge is -2.17. The minimum Gasteiger partial charge on any atom is -0.391 e. The molecule has 31 heavy (non-hydrogen) atoms. The SMILES string of the molecule is O=C(N[C@@H]1CCC[C@H]1O)c1cc(-c2ccc(C(F)F)cc2)nn(-c2cccnc2)c1=O. The number of aliphatic hydroxyl groups excluding tert-OH is 1. The zero-order valence-electron chi connectivity index (χ0n) is 16.4. The Kier molecular flexibility index (Phi) is 5.85. The molecule has 7 nitrogen and oxygen atoms in total. The number of pyridine rings is 1. The summed E-state index contributed by atoms with van der Waals surface area (Å²) in [5.41, 5.74) is 0.140. The van der Waals surface area contributed by atoms with E-state index >= 15 is 0 Å². The Morgan fingerprint density at radius 3 is 2.58 bits per heavy atom. The van der Waals surface area contributed by atoms with Crippen LogP contribution in [0, 0.1) is 0 Å². The van der Waals surface area contributed by atoms with Crippen LogP contribution in [0.3, 0.4) is 0 Å². The highest BCUT2D eigenvalue weighted by Crippen LogP contribution is 2.24. The van der Waals surface area contributed by atoms with E-state index < -0.39 is 30.0 Å². The molecule has 0 bridgehead atoms. The number of aliphatic hydroxyl groups is 1. The van der Waals surface area contributed by atoms with Crippen LogP contribution in [-0.4, -0.2) is 37.9 Å². The number of hydrogen-bond donors (Lipinski definition) is 2. The van der Waals surface area contributed by atoms with Crippen molar-refractivity contribution in [3.05, 3.63) is 76.3 Å². The quantitative estimate of drug-likeness (QED) is 0.654. The van der Waals surface area contributed by atoms with E-state index in [1.54, 1.807) is 12.1 Å². The largest absolute Gasteiger partial charge is 0.391 e. The van der Waals surface area contributed by atoms with Gasteiger partial charge in [-0.1, -0.05) is 24.3 Å². The second kappa shape index (κ2) is 8.73. The summed E-state index contributed by atoms with van der Waals surface area (Å²) in [7, 11) is 0. The van der Waals surface area contributed by atoms with Crippen LogP contribution in [-0.2, 0) is 0 Å². The van der Waals surface area contributed by atoms with Gasteiger partial charge in [0.05, 0.1) is 29.7 Å². The second-order valence-electron chi connectivity index (χ2n) is 7.37. The maximum absolute atomic E-state index is 13.0. The first-order valence-electron chi connectivity index (χ1n) is 9.86. The van der Waals surface area contributed by atoms with E-state index in [0.717, 1.165) is 11.1 Å². The Morgan fingerprint density at radius 1 is 1.19 bits per heavy atom. The molecule has 1 aliphatic carbocycles. The lowest BCUT2D eigenvalue weighted by Crippen LogP contribution is -2.42. The second-order valence-corrected chi connectivity index (χ2v) is 7.37. The Balaban J connectivity index is 1.79. The average molecular weight is 426 g/mol. The number of halogens is 2. The van der Waals surface area contributed by atoms with E-state index in [1.165, 1.54) is 42.7 Å². The molecule has 160 valence electrons. The van der Waals surface area contributed by atoms with Crippen molar-refractivity contribution in [1.29, 1.82) is 0 Å². The molecule has 1 fully saturated rings. The number of alkyl halides is 2. The summed E-state index contributed by atoms with van der Waals surface area (Å²) in [5.74, 6) is -0.624. The molecular formula is C22H20F2N4O3. The van der Waals surface area contributed by atoms with Gasteiger partial charge in [-0.2, -0.15) is 9.78 Å². The first kappa shape index (κ1) is 20.8. The van der Waals surface area contributed by atoms with Crippen LogP contribution in [0.1, 0.15) is 41.6 Å². The van der Waals surface area contributed by atoms with Gasteiger partial charge in [0.15, 0.2) is 0 Å². The molecule has 1 aliphatic rings. The van der Waals surface area contributed by atoms with Crippen LogP contribution >= 0.6 is 0 Å². The van der Waals surface area contributed by atoms with Crippen molar-refractivity contribution in [3.8, 4) is 16.9 Å². The van der Waals surface area contributed by atoms with Gasteiger partial charge in [-0.15, -0.1) is 0 Å². The molecule has 1 aromatic carbocycles. The number of nitrogens with zero attached hydrogens (tertiary/aromatic N) is 3. The number of rotatable bonds is 5. The molecule has 0 aliphatic heterocycles. The molecule has 0 unspecified atom stereocenters. The average Bonchev–Trinajstić information content (AvgIpc) is 3.18. The number of amides is 1. The summed E-state index contributed by atoms with van der Waals surface area (Å²) in [5, 5.41) is 17.1. The maximum Gasteiger partial charge on any atom is 0.284 e. The van der Waals surface area contributed by atoms with E-state index in [9.17, 15) is 23.5 Å². The lowest BCUT2D eigenvalue weighted by atomic mass is 10.1. The lowest BCUT2D eigenvalue weighted by molar-refractivity contribution is 0.0871. The van der Waals surface area contributed by atoms with Gasteiger partial charge in [-0.25, -0.2) is 8.78 Å². The number of benzene rings is 1. The van der Waals surface area contributed by atoms with Gasteiger partial charge in [-0.3, -0.25) is 14.6 Å². The summed E-state index contributed by atoms with van der Waals surface area (Å²) >= 11 is 0. The third kappa shape index (κ3) is 4.36. The van der Waals surface area contributed by atoms with Crippen molar-refractivity contribution in [2.75, 3.05) is 0 Å². The number of nitrogens with one attached hydrogen (secondary N) is 1. The van der Waals surface area contributed by atoms with Crippen molar-refractivity contribution in [2.45, 2.75) is 37.8 Å². The fourth-order valence-corrected chi connectivity index (χ4v) is 3.61. The molecule has 3 aromatic rings. The van der Waals surface area contributed by atoms with Gasteiger partial charge in [0.1, 0.15) is 5.56 Å². The van der Waals surface area contributed by atoms with Crippen molar-refractivity contribution in [3.63, 3.8) is 0 Å². The van der Waals surface area contributed by atoms with Gasteiger partial charge >= 0.3 is 0 Å². The van der Waals surface area contributed by atoms with E-state index in [4.69, 9.17) is 0 Å². The molecule has 9 heteroatoms. The molecule has 2 N–H and O–H groups in total. The van der Waals surface area contributed by atoms with Crippen molar-refractivity contribution in [2.24, 2.45) is 0 Å². The monoisotopic (exact) mass is 426 g/mol. The number of aromatic nitrogens is 3. The first-order valence-corrected chi connectivity index (χ1v) is 9.86. The zero-order valence-corrected chi connectivity index (χ0v) is 16.4. The van der Waals surface area contributed by atoms with Gasteiger partial charge < -0.3 is 10.4 Å². The fraction of sp³-hybridized carbons (Fsp3) is 0.273. The maximum atomic E-state index is 13.0. The van der Waals surface area contributed by atoms with E-state index in [0.29, 0.717) is 24.1 Å². The number of carbonyl (C=O) groups is 1. The van der Waals surface area contributed by atoms with E-state index in [-0.39, 0.29) is 16.8 Å². The molecule has 0 spiro atoms. The fourth-order valence-electron chi connectivity index (χ4n) is 3.61. The van der Waals surface area contributed by atoms with Gasteiger partial charge in [-0.05, 0) is 37.5 Å². The molecule has 0 saturated heterocycles. The van der Waals surface area contributed by atoms with Crippen molar-refractivity contribution in [1.82, 2.24) is 20.1 Å².